The second-order valence-electron chi connectivity index (χ2n) is 6.64. The van der Waals surface area contributed by atoms with Crippen LogP contribution in [0.25, 0.3) is 0 Å². The van der Waals surface area contributed by atoms with Gasteiger partial charge in [0, 0.05) is 12.3 Å². The maximum absolute atomic E-state index is 13.2. The van der Waals surface area contributed by atoms with Crippen LogP contribution in [0.15, 0.2) is 24.3 Å². The van der Waals surface area contributed by atoms with E-state index in [1.54, 1.807) is 28.8 Å². The van der Waals surface area contributed by atoms with E-state index in [0.29, 0.717) is 22.9 Å². The Bertz CT molecular complexity index is 611. The predicted octanol–water partition coefficient (Wildman–Crippen LogP) is 4.72. The Kier molecular flexibility index (Phi) is 8.79. The van der Waals surface area contributed by atoms with Gasteiger partial charge >= 0.3 is 0 Å². The van der Waals surface area contributed by atoms with Gasteiger partial charge in [-0.15, -0.1) is 11.8 Å². The van der Waals surface area contributed by atoms with Crippen LogP contribution in [-0.4, -0.2) is 40.4 Å². The highest BCUT2D eigenvalue weighted by molar-refractivity contribution is 8.00. The lowest BCUT2D eigenvalue weighted by Crippen LogP contribution is -2.50. The number of hydrogen-bond acceptors (Lipinski definition) is 3. The standard InChI is InChI=1S/C20H29ClN2O2S/c1-3-5-7-12-18-23(20(25)15-10-8-9-11-16(15)21)17(14-26-18)19(24)22-13-6-4-2/h8-11,17-18H,3-7,12-14H2,1-2H3,(H,22,24). The largest absolute Gasteiger partial charge is 0.354 e. The van der Waals surface area contributed by atoms with Gasteiger partial charge in [0.05, 0.1) is 16.0 Å². The molecule has 0 saturated carbocycles. The van der Waals surface area contributed by atoms with E-state index in [0.717, 1.165) is 38.5 Å². The van der Waals surface area contributed by atoms with Gasteiger partial charge in [-0.3, -0.25) is 9.59 Å². The minimum absolute atomic E-state index is 0.0345. The highest BCUT2D eigenvalue weighted by atomic mass is 35.5. The molecular weight excluding hydrogens is 368 g/mol. The summed E-state index contributed by atoms with van der Waals surface area (Å²) in [5.74, 6) is 0.451. The summed E-state index contributed by atoms with van der Waals surface area (Å²) in [4.78, 5) is 27.6. The minimum atomic E-state index is -0.424. The summed E-state index contributed by atoms with van der Waals surface area (Å²) in [6, 6.07) is 6.66. The lowest BCUT2D eigenvalue weighted by molar-refractivity contribution is -0.124. The number of benzene rings is 1. The summed E-state index contributed by atoms with van der Waals surface area (Å²) < 4.78 is 0. The Morgan fingerprint density at radius 3 is 2.62 bits per heavy atom. The van der Waals surface area contributed by atoms with Crippen molar-refractivity contribution in [3.8, 4) is 0 Å². The molecule has 0 aliphatic carbocycles. The fourth-order valence-corrected chi connectivity index (χ4v) is 4.78. The van der Waals surface area contributed by atoms with Gasteiger partial charge in [-0.05, 0) is 25.0 Å². The third-order valence-corrected chi connectivity index (χ3v) is 6.30. The maximum Gasteiger partial charge on any atom is 0.256 e. The van der Waals surface area contributed by atoms with E-state index in [9.17, 15) is 9.59 Å². The van der Waals surface area contributed by atoms with Crippen molar-refractivity contribution < 1.29 is 9.59 Å². The van der Waals surface area contributed by atoms with Crippen molar-refractivity contribution in [3.05, 3.63) is 34.9 Å². The van der Waals surface area contributed by atoms with Crippen LogP contribution in [-0.2, 0) is 4.79 Å². The monoisotopic (exact) mass is 396 g/mol. The SMILES string of the molecule is CCCCCC1SCC(C(=O)NCCCC)N1C(=O)c1ccccc1Cl. The molecule has 6 heteroatoms. The topological polar surface area (TPSA) is 49.4 Å². The van der Waals surface area contributed by atoms with Gasteiger partial charge in [-0.2, -0.15) is 0 Å². The zero-order valence-corrected chi connectivity index (χ0v) is 17.2. The first-order chi connectivity index (χ1) is 12.6. The number of carbonyl (C=O) groups excluding carboxylic acids is 2. The van der Waals surface area contributed by atoms with Crippen molar-refractivity contribution in [3.63, 3.8) is 0 Å². The van der Waals surface area contributed by atoms with Crippen molar-refractivity contribution in [2.24, 2.45) is 0 Å². The van der Waals surface area contributed by atoms with Crippen molar-refractivity contribution in [2.75, 3.05) is 12.3 Å². The molecule has 1 aliphatic heterocycles. The number of thioether (sulfide) groups is 1. The summed E-state index contributed by atoms with van der Waals surface area (Å²) in [5, 5.41) is 3.46. The van der Waals surface area contributed by atoms with E-state index >= 15 is 0 Å². The molecule has 2 amide bonds. The number of amides is 2. The molecule has 0 aromatic heterocycles. The number of halogens is 1. The van der Waals surface area contributed by atoms with E-state index in [1.165, 1.54) is 0 Å². The third kappa shape index (κ3) is 5.40. The molecule has 144 valence electrons. The van der Waals surface area contributed by atoms with Crippen LogP contribution in [0.5, 0.6) is 0 Å². The average Bonchev–Trinajstić information content (AvgIpc) is 3.06. The number of hydrogen-bond donors (Lipinski definition) is 1. The van der Waals surface area contributed by atoms with Gasteiger partial charge < -0.3 is 10.2 Å². The minimum Gasteiger partial charge on any atom is -0.354 e. The Morgan fingerprint density at radius 2 is 1.92 bits per heavy atom. The number of nitrogens with zero attached hydrogens (tertiary/aromatic N) is 1. The molecule has 2 rings (SSSR count). The summed E-state index contributed by atoms with van der Waals surface area (Å²) in [5.41, 5.74) is 0.475. The molecule has 26 heavy (non-hydrogen) atoms. The summed E-state index contributed by atoms with van der Waals surface area (Å²) in [6.07, 6.45) is 6.22. The maximum atomic E-state index is 13.2. The number of nitrogens with one attached hydrogen (secondary N) is 1. The molecule has 0 radical (unpaired) electrons. The van der Waals surface area contributed by atoms with Crippen LogP contribution in [0.4, 0.5) is 0 Å². The number of unbranched alkanes of at least 4 members (excludes halogenated alkanes) is 3. The predicted molar refractivity (Wildman–Crippen MR) is 110 cm³/mol. The fourth-order valence-electron chi connectivity index (χ4n) is 3.11. The first kappa shape index (κ1) is 21.1. The molecule has 4 nitrogen and oxygen atoms in total. The summed E-state index contributed by atoms with van der Waals surface area (Å²) in [7, 11) is 0. The summed E-state index contributed by atoms with van der Waals surface area (Å²) >= 11 is 7.95. The van der Waals surface area contributed by atoms with E-state index in [-0.39, 0.29) is 17.2 Å². The van der Waals surface area contributed by atoms with Crippen molar-refractivity contribution in [1.29, 1.82) is 0 Å². The van der Waals surface area contributed by atoms with E-state index < -0.39 is 6.04 Å². The van der Waals surface area contributed by atoms with Crippen LogP contribution in [0.2, 0.25) is 5.02 Å². The first-order valence-electron chi connectivity index (χ1n) is 9.56. The van der Waals surface area contributed by atoms with Gasteiger partial charge in [0.1, 0.15) is 6.04 Å². The average molecular weight is 397 g/mol. The van der Waals surface area contributed by atoms with Crippen molar-refractivity contribution in [1.82, 2.24) is 10.2 Å². The zero-order chi connectivity index (χ0) is 18.9. The molecular formula is C20H29ClN2O2S. The lowest BCUT2D eigenvalue weighted by atomic mass is 10.1. The van der Waals surface area contributed by atoms with E-state index in [4.69, 9.17) is 11.6 Å². The molecule has 1 aromatic rings. The first-order valence-corrected chi connectivity index (χ1v) is 11.0. The smallest absolute Gasteiger partial charge is 0.256 e. The molecule has 1 heterocycles. The molecule has 1 saturated heterocycles. The number of carbonyl (C=O) groups is 2. The van der Waals surface area contributed by atoms with Gasteiger partial charge in [-0.25, -0.2) is 0 Å². The Balaban J connectivity index is 2.17. The second kappa shape index (κ2) is 10.8. The van der Waals surface area contributed by atoms with E-state index in [2.05, 4.69) is 19.2 Å². The zero-order valence-electron chi connectivity index (χ0n) is 15.7. The highest BCUT2D eigenvalue weighted by Gasteiger charge is 2.41. The Morgan fingerprint density at radius 1 is 1.19 bits per heavy atom. The molecule has 0 bridgehead atoms. The normalized spacial score (nSPS) is 19.6. The molecule has 2 unspecified atom stereocenters. The Hall–Kier alpha value is -1.20. The van der Waals surface area contributed by atoms with Crippen molar-refractivity contribution in [2.45, 2.75) is 63.8 Å². The van der Waals surface area contributed by atoms with Gasteiger partial charge in [-0.1, -0.05) is 63.3 Å². The van der Waals surface area contributed by atoms with Gasteiger partial charge in [0.25, 0.3) is 5.91 Å². The molecule has 1 aromatic carbocycles. The second-order valence-corrected chi connectivity index (χ2v) is 8.25. The molecule has 1 aliphatic rings. The summed E-state index contributed by atoms with van der Waals surface area (Å²) in [6.45, 7) is 4.91. The van der Waals surface area contributed by atoms with Gasteiger partial charge in [0.2, 0.25) is 5.91 Å². The fraction of sp³-hybridized carbons (Fsp3) is 0.600. The highest BCUT2D eigenvalue weighted by Crippen LogP contribution is 2.35. The van der Waals surface area contributed by atoms with Crippen LogP contribution >= 0.6 is 23.4 Å². The molecule has 0 spiro atoms. The van der Waals surface area contributed by atoms with Crippen molar-refractivity contribution >= 4 is 35.2 Å². The third-order valence-electron chi connectivity index (χ3n) is 4.62. The van der Waals surface area contributed by atoms with Gasteiger partial charge in [0.15, 0.2) is 0 Å². The van der Waals surface area contributed by atoms with Crippen LogP contribution < -0.4 is 5.32 Å². The molecule has 1 N–H and O–H groups in total. The van der Waals surface area contributed by atoms with E-state index in [1.807, 2.05) is 12.1 Å². The molecule has 2 atom stereocenters. The van der Waals surface area contributed by atoms with Crippen LogP contribution in [0, 0.1) is 0 Å². The lowest BCUT2D eigenvalue weighted by Gasteiger charge is -2.29. The quantitative estimate of drug-likeness (QED) is 0.614. The Labute approximate surface area is 166 Å². The number of rotatable bonds is 9. The van der Waals surface area contributed by atoms with Crippen LogP contribution in [0.1, 0.15) is 62.7 Å². The van der Waals surface area contributed by atoms with Crippen LogP contribution in [0.3, 0.4) is 0 Å². The molecule has 1 fully saturated rings.